The van der Waals surface area contributed by atoms with Crippen molar-refractivity contribution < 1.29 is 4.79 Å². The fourth-order valence-electron chi connectivity index (χ4n) is 2.34. The van der Waals surface area contributed by atoms with Crippen LogP contribution in [0.2, 0.25) is 0 Å². The molecule has 1 aliphatic rings. The highest BCUT2D eigenvalue weighted by Crippen LogP contribution is 2.34. The Kier molecular flexibility index (Phi) is 3.76. The first kappa shape index (κ1) is 13.5. The van der Waals surface area contributed by atoms with Gasteiger partial charge in [0.05, 0.1) is 0 Å². The third kappa shape index (κ3) is 2.74. The minimum absolute atomic E-state index is 0.0363. The summed E-state index contributed by atoms with van der Waals surface area (Å²) >= 11 is 3.39. The molecule has 0 N–H and O–H groups in total. The molecule has 1 aliphatic heterocycles. The fraction of sp³-hybridized carbons (Fsp3) is 0.571. The maximum atomic E-state index is 12.4. The molecule has 2 heterocycles. The van der Waals surface area contributed by atoms with Gasteiger partial charge in [0.2, 0.25) is 0 Å². The maximum absolute atomic E-state index is 12.4. The average molecular weight is 311 g/mol. The quantitative estimate of drug-likeness (QED) is 0.797. The zero-order chi connectivity index (χ0) is 13.3. The van der Waals surface area contributed by atoms with Crippen LogP contribution in [0.25, 0.3) is 0 Å². The van der Waals surface area contributed by atoms with Crippen LogP contribution in [0.15, 0.2) is 22.8 Å². The molecule has 18 heavy (non-hydrogen) atoms. The molecule has 1 unspecified atom stereocenters. The first-order valence-corrected chi connectivity index (χ1v) is 7.08. The van der Waals surface area contributed by atoms with Crippen molar-refractivity contribution >= 4 is 21.8 Å². The van der Waals surface area contributed by atoms with Crippen LogP contribution in [0, 0.1) is 11.3 Å². The van der Waals surface area contributed by atoms with Gasteiger partial charge in [0.15, 0.2) is 0 Å². The minimum Gasteiger partial charge on any atom is -0.337 e. The minimum atomic E-state index is 0.0363. The molecule has 0 saturated carbocycles. The molecule has 4 heteroatoms. The van der Waals surface area contributed by atoms with E-state index in [0.717, 1.165) is 24.0 Å². The van der Waals surface area contributed by atoms with E-state index in [-0.39, 0.29) is 11.3 Å². The number of aromatic nitrogens is 1. The Bertz CT molecular complexity index is 453. The number of nitrogens with zero attached hydrogens (tertiary/aromatic N) is 2. The van der Waals surface area contributed by atoms with Crippen LogP contribution in [0.3, 0.4) is 0 Å². The average Bonchev–Trinajstić information content (AvgIpc) is 2.77. The Labute approximate surface area is 117 Å². The highest BCUT2D eigenvalue weighted by atomic mass is 79.9. The summed E-state index contributed by atoms with van der Waals surface area (Å²) in [5.74, 6) is 0.609. The van der Waals surface area contributed by atoms with Gasteiger partial charge in [-0.25, -0.2) is 4.98 Å². The van der Waals surface area contributed by atoms with Crippen molar-refractivity contribution in [2.24, 2.45) is 11.3 Å². The monoisotopic (exact) mass is 310 g/mol. The lowest BCUT2D eigenvalue weighted by atomic mass is 9.80. The van der Waals surface area contributed by atoms with E-state index in [0.29, 0.717) is 11.6 Å². The molecule has 0 aromatic carbocycles. The number of carbonyl (C=O) groups is 1. The van der Waals surface area contributed by atoms with Crippen molar-refractivity contribution in [3.63, 3.8) is 0 Å². The predicted molar refractivity (Wildman–Crippen MR) is 75.4 cm³/mol. The predicted octanol–water partition coefficient (Wildman–Crippen LogP) is 3.35. The standard InChI is InChI=1S/C14H19BrN2O/c1-14(2,3)10-6-8-17(9-10)13(18)12-11(15)5-4-7-16-12/h4-5,7,10H,6,8-9H2,1-3H3. The first-order chi connectivity index (χ1) is 8.39. The number of rotatable bonds is 1. The summed E-state index contributed by atoms with van der Waals surface area (Å²) in [5, 5.41) is 0. The number of carbonyl (C=O) groups excluding carboxylic acids is 1. The van der Waals surface area contributed by atoms with E-state index < -0.39 is 0 Å². The highest BCUT2D eigenvalue weighted by Gasteiger charge is 2.34. The van der Waals surface area contributed by atoms with E-state index in [4.69, 9.17) is 0 Å². The van der Waals surface area contributed by atoms with Crippen LogP contribution in [-0.2, 0) is 0 Å². The molecule has 1 aromatic rings. The van der Waals surface area contributed by atoms with Gasteiger partial charge in [-0.1, -0.05) is 20.8 Å². The van der Waals surface area contributed by atoms with Crippen molar-refractivity contribution in [1.82, 2.24) is 9.88 Å². The number of likely N-dealkylation sites (tertiary alicyclic amines) is 1. The van der Waals surface area contributed by atoms with Gasteiger partial charge in [-0.3, -0.25) is 4.79 Å². The summed E-state index contributed by atoms with van der Waals surface area (Å²) in [6.45, 7) is 8.39. The summed E-state index contributed by atoms with van der Waals surface area (Å²) in [5.41, 5.74) is 0.781. The normalized spacial score (nSPS) is 20.2. The molecular weight excluding hydrogens is 292 g/mol. The molecular formula is C14H19BrN2O. The second-order valence-electron chi connectivity index (χ2n) is 5.94. The van der Waals surface area contributed by atoms with Gasteiger partial charge in [0.1, 0.15) is 5.69 Å². The summed E-state index contributed by atoms with van der Waals surface area (Å²) in [4.78, 5) is 18.5. The van der Waals surface area contributed by atoms with E-state index in [2.05, 4.69) is 41.7 Å². The van der Waals surface area contributed by atoms with E-state index in [1.54, 1.807) is 6.20 Å². The Balaban J connectivity index is 2.11. The number of halogens is 1. The van der Waals surface area contributed by atoms with Crippen LogP contribution < -0.4 is 0 Å². The fourth-order valence-corrected chi connectivity index (χ4v) is 2.77. The zero-order valence-electron chi connectivity index (χ0n) is 11.1. The molecule has 0 radical (unpaired) electrons. The van der Waals surface area contributed by atoms with Gasteiger partial charge in [-0.2, -0.15) is 0 Å². The van der Waals surface area contributed by atoms with Gasteiger partial charge in [0.25, 0.3) is 5.91 Å². The van der Waals surface area contributed by atoms with E-state index in [1.165, 1.54) is 0 Å². The van der Waals surface area contributed by atoms with Gasteiger partial charge in [0, 0.05) is 23.8 Å². The van der Waals surface area contributed by atoms with E-state index in [9.17, 15) is 4.79 Å². The van der Waals surface area contributed by atoms with E-state index in [1.807, 2.05) is 17.0 Å². The Morgan fingerprint density at radius 1 is 1.50 bits per heavy atom. The van der Waals surface area contributed by atoms with Gasteiger partial charge >= 0.3 is 0 Å². The van der Waals surface area contributed by atoms with Gasteiger partial charge in [-0.15, -0.1) is 0 Å². The summed E-state index contributed by atoms with van der Waals surface area (Å²) in [6.07, 6.45) is 2.75. The number of amides is 1. The van der Waals surface area contributed by atoms with Crippen LogP contribution in [0.5, 0.6) is 0 Å². The SMILES string of the molecule is CC(C)(C)C1CCN(C(=O)c2ncccc2Br)C1. The molecule has 1 atom stereocenters. The van der Waals surface area contributed by atoms with Crippen molar-refractivity contribution in [3.8, 4) is 0 Å². The molecule has 2 rings (SSSR count). The molecule has 98 valence electrons. The first-order valence-electron chi connectivity index (χ1n) is 6.29. The number of hydrogen-bond donors (Lipinski definition) is 0. The van der Waals surface area contributed by atoms with Crippen molar-refractivity contribution in [3.05, 3.63) is 28.5 Å². The summed E-state index contributed by atoms with van der Waals surface area (Å²) in [7, 11) is 0. The molecule has 0 bridgehead atoms. The smallest absolute Gasteiger partial charge is 0.273 e. The molecule has 0 spiro atoms. The third-order valence-electron chi connectivity index (χ3n) is 3.66. The molecule has 0 aliphatic carbocycles. The zero-order valence-corrected chi connectivity index (χ0v) is 12.7. The van der Waals surface area contributed by atoms with Gasteiger partial charge < -0.3 is 4.90 Å². The lowest BCUT2D eigenvalue weighted by Crippen LogP contribution is -2.31. The van der Waals surface area contributed by atoms with Crippen LogP contribution in [-0.4, -0.2) is 28.9 Å². The Morgan fingerprint density at radius 3 is 2.78 bits per heavy atom. The summed E-state index contributed by atoms with van der Waals surface area (Å²) in [6, 6.07) is 3.68. The van der Waals surface area contributed by atoms with Crippen LogP contribution in [0.1, 0.15) is 37.7 Å². The van der Waals surface area contributed by atoms with Crippen LogP contribution >= 0.6 is 15.9 Å². The molecule has 1 amide bonds. The van der Waals surface area contributed by atoms with Crippen molar-refractivity contribution in [1.29, 1.82) is 0 Å². The number of pyridine rings is 1. The molecule has 1 fully saturated rings. The highest BCUT2D eigenvalue weighted by molar-refractivity contribution is 9.10. The van der Waals surface area contributed by atoms with Gasteiger partial charge in [-0.05, 0) is 45.8 Å². The Hall–Kier alpha value is -0.900. The van der Waals surface area contributed by atoms with E-state index >= 15 is 0 Å². The molecule has 3 nitrogen and oxygen atoms in total. The second kappa shape index (κ2) is 5.00. The number of hydrogen-bond acceptors (Lipinski definition) is 2. The Morgan fingerprint density at radius 2 is 2.22 bits per heavy atom. The molecule has 1 saturated heterocycles. The molecule has 1 aromatic heterocycles. The second-order valence-corrected chi connectivity index (χ2v) is 6.79. The lowest BCUT2D eigenvalue weighted by Gasteiger charge is -2.26. The maximum Gasteiger partial charge on any atom is 0.273 e. The van der Waals surface area contributed by atoms with Crippen molar-refractivity contribution in [2.45, 2.75) is 27.2 Å². The third-order valence-corrected chi connectivity index (χ3v) is 4.30. The largest absolute Gasteiger partial charge is 0.337 e. The van der Waals surface area contributed by atoms with Crippen LogP contribution in [0.4, 0.5) is 0 Å². The lowest BCUT2D eigenvalue weighted by molar-refractivity contribution is 0.0770. The summed E-state index contributed by atoms with van der Waals surface area (Å²) < 4.78 is 0.772. The van der Waals surface area contributed by atoms with Crippen molar-refractivity contribution in [2.75, 3.05) is 13.1 Å². The topological polar surface area (TPSA) is 33.2 Å².